The lowest BCUT2D eigenvalue weighted by molar-refractivity contribution is 0.121. The molecule has 2 unspecified atom stereocenters. The van der Waals surface area contributed by atoms with Gasteiger partial charge in [0.1, 0.15) is 0 Å². The third kappa shape index (κ3) is 3.56. The second kappa shape index (κ2) is 5.69. The molecular formula is C11H24N2O. The van der Waals surface area contributed by atoms with E-state index in [1.165, 1.54) is 19.4 Å². The molecule has 1 fully saturated rings. The zero-order chi connectivity index (χ0) is 10.6. The fourth-order valence-corrected chi connectivity index (χ4v) is 2.27. The smallest absolute Gasteiger partial charge is 0.0585 e. The summed E-state index contributed by atoms with van der Waals surface area (Å²) < 4.78 is 0. The molecule has 0 saturated carbocycles. The summed E-state index contributed by atoms with van der Waals surface area (Å²) in [5.41, 5.74) is 5.86. The molecule has 1 rings (SSSR count). The lowest BCUT2D eigenvalue weighted by Gasteiger charge is -2.35. The molecule has 0 aromatic rings. The number of hydrogen-bond acceptors (Lipinski definition) is 3. The van der Waals surface area contributed by atoms with Crippen LogP contribution in [0.25, 0.3) is 0 Å². The third-order valence-electron chi connectivity index (χ3n) is 2.98. The van der Waals surface area contributed by atoms with E-state index < -0.39 is 0 Å². The third-order valence-corrected chi connectivity index (χ3v) is 2.98. The van der Waals surface area contributed by atoms with E-state index >= 15 is 0 Å². The highest BCUT2D eigenvalue weighted by Gasteiger charge is 2.24. The molecule has 1 heterocycles. The molecule has 3 nitrogen and oxygen atoms in total. The van der Waals surface area contributed by atoms with Gasteiger partial charge in [-0.15, -0.1) is 0 Å². The van der Waals surface area contributed by atoms with Gasteiger partial charge in [-0.25, -0.2) is 0 Å². The number of likely N-dealkylation sites (tertiary alicyclic amines) is 1. The van der Waals surface area contributed by atoms with Gasteiger partial charge >= 0.3 is 0 Å². The highest BCUT2D eigenvalue weighted by molar-refractivity contribution is 4.80. The van der Waals surface area contributed by atoms with E-state index in [0.29, 0.717) is 5.92 Å². The van der Waals surface area contributed by atoms with Gasteiger partial charge in [0.2, 0.25) is 0 Å². The lowest BCUT2D eigenvalue weighted by atomic mass is 9.91. The van der Waals surface area contributed by atoms with Gasteiger partial charge in [-0.1, -0.05) is 13.8 Å². The van der Waals surface area contributed by atoms with Gasteiger partial charge < -0.3 is 15.7 Å². The summed E-state index contributed by atoms with van der Waals surface area (Å²) in [5, 5.41) is 9.01. The Morgan fingerprint density at radius 2 is 2.21 bits per heavy atom. The van der Waals surface area contributed by atoms with Crippen molar-refractivity contribution in [3.63, 3.8) is 0 Å². The topological polar surface area (TPSA) is 49.5 Å². The molecule has 2 atom stereocenters. The lowest BCUT2D eigenvalue weighted by Crippen LogP contribution is -2.46. The van der Waals surface area contributed by atoms with Crippen molar-refractivity contribution in [2.24, 2.45) is 17.6 Å². The predicted octanol–water partition coefficient (Wildman–Crippen LogP) is 0.674. The quantitative estimate of drug-likeness (QED) is 0.701. The Morgan fingerprint density at radius 3 is 2.79 bits per heavy atom. The van der Waals surface area contributed by atoms with E-state index in [0.717, 1.165) is 19.0 Å². The van der Waals surface area contributed by atoms with Gasteiger partial charge in [-0.3, -0.25) is 0 Å². The molecule has 0 aliphatic carbocycles. The first-order valence-electron chi connectivity index (χ1n) is 5.72. The second-order valence-electron chi connectivity index (χ2n) is 4.90. The number of hydrogen-bond donors (Lipinski definition) is 2. The van der Waals surface area contributed by atoms with Crippen molar-refractivity contribution in [2.45, 2.75) is 32.7 Å². The Labute approximate surface area is 87.3 Å². The first-order chi connectivity index (χ1) is 6.63. The van der Waals surface area contributed by atoms with Crippen molar-refractivity contribution in [3.8, 4) is 0 Å². The predicted molar refractivity (Wildman–Crippen MR) is 59.1 cm³/mol. The van der Waals surface area contributed by atoms with E-state index in [9.17, 15) is 0 Å². The van der Waals surface area contributed by atoms with Crippen LogP contribution >= 0.6 is 0 Å². The van der Waals surface area contributed by atoms with Gasteiger partial charge in [0.15, 0.2) is 0 Å². The molecule has 1 aliphatic heterocycles. The van der Waals surface area contributed by atoms with E-state index in [1.54, 1.807) is 0 Å². The molecule has 3 N–H and O–H groups in total. The highest BCUT2D eigenvalue weighted by Crippen LogP contribution is 2.19. The monoisotopic (exact) mass is 200 g/mol. The Morgan fingerprint density at radius 1 is 1.50 bits per heavy atom. The minimum atomic E-state index is -0.0232. The van der Waals surface area contributed by atoms with Crippen LogP contribution in [0.3, 0.4) is 0 Å². The average Bonchev–Trinajstić information content (AvgIpc) is 2.16. The Hall–Kier alpha value is -0.120. The zero-order valence-electron chi connectivity index (χ0n) is 9.45. The number of piperidine rings is 1. The number of nitrogens with two attached hydrogens (primary N) is 1. The molecular weight excluding hydrogens is 176 g/mol. The maximum atomic E-state index is 9.01. The van der Waals surface area contributed by atoms with Crippen LogP contribution in [0.15, 0.2) is 0 Å². The molecule has 1 saturated heterocycles. The number of nitrogens with zero attached hydrogens (tertiary/aromatic N) is 1. The molecule has 0 aromatic heterocycles. The van der Waals surface area contributed by atoms with Crippen molar-refractivity contribution in [1.82, 2.24) is 4.90 Å². The fourth-order valence-electron chi connectivity index (χ4n) is 2.27. The van der Waals surface area contributed by atoms with Crippen LogP contribution in [0.5, 0.6) is 0 Å². The zero-order valence-corrected chi connectivity index (χ0v) is 9.45. The van der Waals surface area contributed by atoms with Crippen LogP contribution < -0.4 is 5.73 Å². The standard InChI is InChI=1S/C11H24N2O/c1-9(2)6-13-5-3-4-10(7-13)11(12)8-14/h9-11,14H,3-8,12H2,1-2H3. The summed E-state index contributed by atoms with van der Waals surface area (Å²) in [5.74, 6) is 1.21. The van der Waals surface area contributed by atoms with Crippen LogP contribution in [0.1, 0.15) is 26.7 Å². The van der Waals surface area contributed by atoms with Gasteiger partial charge in [-0.2, -0.15) is 0 Å². The van der Waals surface area contributed by atoms with Crippen molar-refractivity contribution >= 4 is 0 Å². The van der Waals surface area contributed by atoms with E-state index in [2.05, 4.69) is 18.7 Å². The summed E-state index contributed by atoms with van der Waals surface area (Å²) in [6.07, 6.45) is 2.40. The molecule has 0 radical (unpaired) electrons. The minimum absolute atomic E-state index is 0.0232. The van der Waals surface area contributed by atoms with Crippen LogP contribution in [0.4, 0.5) is 0 Å². The Balaban J connectivity index is 2.35. The first-order valence-corrected chi connectivity index (χ1v) is 5.72. The largest absolute Gasteiger partial charge is 0.395 e. The molecule has 14 heavy (non-hydrogen) atoms. The van der Waals surface area contributed by atoms with Crippen molar-refractivity contribution in [3.05, 3.63) is 0 Å². The molecule has 0 amide bonds. The van der Waals surface area contributed by atoms with E-state index in [-0.39, 0.29) is 12.6 Å². The molecule has 0 bridgehead atoms. The molecule has 3 heteroatoms. The average molecular weight is 200 g/mol. The second-order valence-corrected chi connectivity index (χ2v) is 4.90. The summed E-state index contributed by atoms with van der Waals surface area (Å²) >= 11 is 0. The Kier molecular flexibility index (Phi) is 4.85. The number of aliphatic hydroxyl groups is 1. The summed E-state index contributed by atoms with van der Waals surface area (Å²) in [6, 6.07) is -0.0232. The van der Waals surface area contributed by atoms with Crippen LogP contribution in [0.2, 0.25) is 0 Å². The first kappa shape index (κ1) is 12.0. The summed E-state index contributed by atoms with van der Waals surface area (Å²) in [4.78, 5) is 2.48. The fraction of sp³-hybridized carbons (Fsp3) is 1.00. The van der Waals surface area contributed by atoms with Crippen LogP contribution in [-0.4, -0.2) is 42.3 Å². The minimum Gasteiger partial charge on any atom is -0.395 e. The van der Waals surface area contributed by atoms with E-state index in [1.807, 2.05) is 0 Å². The van der Waals surface area contributed by atoms with Crippen LogP contribution in [0, 0.1) is 11.8 Å². The maximum absolute atomic E-state index is 9.01. The molecule has 0 spiro atoms. The van der Waals surface area contributed by atoms with Gasteiger partial charge in [-0.05, 0) is 31.2 Å². The van der Waals surface area contributed by atoms with Gasteiger partial charge in [0.05, 0.1) is 6.61 Å². The molecule has 84 valence electrons. The van der Waals surface area contributed by atoms with E-state index in [4.69, 9.17) is 10.8 Å². The maximum Gasteiger partial charge on any atom is 0.0585 e. The molecule has 0 aromatic carbocycles. The van der Waals surface area contributed by atoms with Crippen molar-refractivity contribution in [1.29, 1.82) is 0 Å². The van der Waals surface area contributed by atoms with Crippen molar-refractivity contribution < 1.29 is 5.11 Å². The van der Waals surface area contributed by atoms with Gasteiger partial charge in [0, 0.05) is 19.1 Å². The highest BCUT2D eigenvalue weighted by atomic mass is 16.3. The number of rotatable bonds is 4. The van der Waals surface area contributed by atoms with Crippen LogP contribution in [-0.2, 0) is 0 Å². The van der Waals surface area contributed by atoms with Crippen molar-refractivity contribution in [2.75, 3.05) is 26.2 Å². The Bertz CT molecular complexity index is 161. The normalized spacial score (nSPS) is 26.8. The summed E-state index contributed by atoms with van der Waals surface area (Å²) in [7, 11) is 0. The number of aliphatic hydroxyl groups excluding tert-OH is 1. The molecule has 1 aliphatic rings. The SMILES string of the molecule is CC(C)CN1CCCC(C(N)CO)C1. The van der Waals surface area contributed by atoms with Gasteiger partial charge in [0.25, 0.3) is 0 Å². The summed E-state index contributed by atoms with van der Waals surface area (Å²) in [6.45, 7) is 8.05.